The highest BCUT2D eigenvalue weighted by atomic mass is 32.2. The van der Waals surface area contributed by atoms with Crippen molar-refractivity contribution in [3.8, 4) is 5.88 Å². The van der Waals surface area contributed by atoms with Crippen LogP contribution < -0.4 is 5.73 Å². The van der Waals surface area contributed by atoms with E-state index in [1.165, 1.54) is 20.2 Å². The molecule has 1 aromatic carbocycles. The Balaban J connectivity index is 2.07. The predicted molar refractivity (Wildman–Crippen MR) is 119 cm³/mol. The normalized spacial score (nSPS) is 12.8. The van der Waals surface area contributed by atoms with Gasteiger partial charge in [0.15, 0.2) is 0 Å². The summed E-state index contributed by atoms with van der Waals surface area (Å²) in [5, 5.41) is 10.2. The van der Waals surface area contributed by atoms with Gasteiger partial charge in [0.25, 0.3) is 0 Å². The Hall–Kier alpha value is -2.75. The van der Waals surface area contributed by atoms with E-state index in [2.05, 4.69) is 4.98 Å². The third kappa shape index (κ3) is 4.48. The molecular formula is C22H27FN4O3S. The highest BCUT2D eigenvalue weighted by Gasteiger charge is 2.20. The molecule has 31 heavy (non-hydrogen) atoms. The van der Waals surface area contributed by atoms with E-state index >= 15 is 0 Å². The lowest BCUT2D eigenvalue weighted by atomic mass is 10.0. The number of aromatic hydroxyl groups is 1. The standard InChI is InChI=1S/C22H27FN4O3S/c1-14-11-20-21(25-22(14)28)19(15(2)27(20)13-17(23)9-10-24)12-16-5-7-18(8-6-16)31(29,30)26(3)4/h5-9,11H,10,12-13,24H2,1-4H3,(H,25,28)/b17-9-. The largest absolute Gasteiger partial charge is 0.493 e. The van der Waals surface area contributed by atoms with Crippen molar-refractivity contribution < 1.29 is 17.9 Å². The third-order valence-electron chi connectivity index (χ3n) is 5.32. The average Bonchev–Trinajstić information content (AvgIpc) is 2.94. The smallest absolute Gasteiger partial charge is 0.242 e. The molecular weight excluding hydrogens is 419 g/mol. The first kappa shape index (κ1) is 22.9. The second kappa shape index (κ2) is 8.78. The lowest BCUT2D eigenvalue weighted by Gasteiger charge is -2.12. The van der Waals surface area contributed by atoms with Crippen molar-refractivity contribution in [1.82, 2.24) is 13.9 Å². The number of hydrogen-bond acceptors (Lipinski definition) is 5. The van der Waals surface area contributed by atoms with Crippen LogP contribution >= 0.6 is 0 Å². The fourth-order valence-electron chi connectivity index (χ4n) is 3.49. The number of hydrogen-bond donors (Lipinski definition) is 2. The van der Waals surface area contributed by atoms with Gasteiger partial charge in [0.2, 0.25) is 15.9 Å². The summed E-state index contributed by atoms with van der Waals surface area (Å²) < 4.78 is 41.8. The van der Waals surface area contributed by atoms with Gasteiger partial charge in [-0.2, -0.15) is 0 Å². The molecule has 166 valence electrons. The highest BCUT2D eigenvalue weighted by molar-refractivity contribution is 7.89. The van der Waals surface area contributed by atoms with Gasteiger partial charge in [0, 0.05) is 43.9 Å². The predicted octanol–water partition coefficient (Wildman–Crippen LogP) is 3.01. The maximum Gasteiger partial charge on any atom is 0.242 e. The summed E-state index contributed by atoms with van der Waals surface area (Å²) in [4.78, 5) is 4.56. The number of nitrogens with two attached hydrogens (primary N) is 1. The van der Waals surface area contributed by atoms with Gasteiger partial charge in [-0.05, 0) is 43.7 Å². The molecule has 0 saturated heterocycles. The fraction of sp³-hybridized carbons (Fsp3) is 0.318. The zero-order valence-corrected chi connectivity index (χ0v) is 18.9. The molecule has 0 radical (unpaired) electrons. The van der Waals surface area contributed by atoms with E-state index in [0.29, 0.717) is 17.5 Å². The molecule has 3 N–H and O–H groups in total. The molecule has 0 aliphatic rings. The average molecular weight is 447 g/mol. The van der Waals surface area contributed by atoms with Crippen molar-refractivity contribution in [3.05, 3.63) is 64.6 Å². The Kier molecular flexibility index (Phi) is 6.49. The van der Waals surface area contributed by atoms with Crippen LogP contribution in [0, 0.1) is 13.8 Å². The summed E-state index contributed by atoms with van der Waals surface area (Å²) in [5.41, 5.74) is 9.87. The molecule has 2 heterocycles. The van der Waals surface area contributed by atoms with E-state index in [-0.39, 0.29) is 29.7 Å². The second-order valence-electron chi connectivity index (χ2n) is 7.64. The van der Waals surface area contributed by atoms with Gasteiger partial charge < -0.3 is 15.4 Å². The van der Waals surface area contributed by atoms with Crippen LogP contribution in [-0.2, 0) is 23.0 Å². The number of nitrogens with zero attached hydrogens (tertiary/aromatic N) is 3. The number of rotatable bonds is 7. The number of aryl methyl sites for hydroxylation is 1. The SMILES string of the molecule is Cc1cc2c(nc1O)c(Cc1ccc(S(=O)(=O)N(C)C)cc1)c(C)n2C/C(F)=C/CN. The van der Waals surface area contributed by atoms with Crippen molar-refractivity contribution in [2.24, 2.45) is 5.73 Å². The molecule has 0 spiro atoms. The minimum absolute atomic E-state index is 0.0193. The lowest BCUT2D eigenvalue weighted by molar-refractivity contribution is 0.451. The number of pyridine rings is 1. The van der Waals surface area contributed by atoms with Crippen LogP contribution in [-0.4, -0.2) is 48.0 Å². The molecule has 7 nitrogen and oxygen atoms in total. The van der Waals surface area contributed by atoms with Crippen LogP contribution in [0.3, 0.4) is 0 Å². The highest BCUT2D eigenvalue weighted by Crippen LogP contribution is 2.31. The van der Waals surface area contributed by atoms with Crippen LogP contribution in [0.5, 0.6) is 5.88 Å². The maximum atomic E-state index is 14.3. The van der Waals surface area contributed by atoms with Crippen LogP contribution in [0.25, 0.3) is 11.0 Å². The Bertz CT molecular complexity index is 1250. The summed E-state index contributed by atoms with van der Waals surface area (Å²) in [6.45, 7) is 3.75. The van der Waals surface area contributed by atoms with Crippen LogP contribution in [0.2, 0.25) is 0 Å². The van der Waals surface area contributed by atoms with Crippen molar-refractivity contribution in [3.63, 3.8) is 0 Å². The molecule has 0 atom stereocenters. The van der Waals surface area contributed by atoms with Crippen molar-refractivity contribution in [2.75, 3.05) is 20.6 Å². The molecule has 9 heteroatoms. The van der Waals surface area contributed by atoms with Gasteiger partial charge in [0.1, 0.15) is 5.83 Å². The minimum atomic E-state index is -3.51. The van der Waals surface area contributed by atoms with E-state index in [1.807, 2.05) is 11.5 Å². The fourth-order valence-corrected chi connectivity index (χ4v) is 4.39. The zero-order chi connectivity index (χ0) is 22.9. The summed E-state index contributed by atoms with van der Waals surface area (Å²) in [5.74, 6) is -0.422. The first-order valence-electron chi connectivity index (χ1n) is 9.80. The van der Waals surface area contributed by atoms with Gasteiger partial charge in [-0.15, -0.1) is 0 Å². The third-order valence-corrected chi connectivity index (χ3v) is 7.15. The van der Waals surface area contributed by atoms with E-state index in [4.69, 9.17) is 5.73 Å². The van der Waals surface area contributed by atoms with E-state index in [0.717, 1.165) is 26.6 Å². The number of aromatic nitrogens is 2. The molecule has 0 unspecified atom stereocenters. The molecule has 3 rings (SSSR count). The van der Waals surface area contributed by atoms with Gasteiger partial charge in [-0.1, -0.05) is 12.1 Å². The molecule has 0 aliphatic heterocycles. The van der Waals surface area contributed by atoms with Crippen LogP contribution in [0.1, 0.15) is 22.4 Å². The molecule has 0 fully saturated rings. The Labute approximate surface area is 181 Å². The number of sulfonamides is 1. The zero-order valence-electron chi connectivity index (χ0n) is 18.1. The lowest BCUT2D eigenvalue weighted by Crippen LogP contribution is -2.22. The number of benzene rings is 1. The monoisotopic (exact) mass is 446 g/mol. The second-order valence-corrected chi connectivity index (χ2v) is 9.79. The van der Waals surface area contributed by atoms with Gasteiger partial charge in [0.05, 0.1) is 22.5 Å². The summed E-state index contributed by atoms with van der Waals surface area (Å²) in [6, 6.07) is 8.43. The van der Waals surface area contributed by atoms with Gasteiger partial charge in [-0.25, -0.2) is 22.1 Å². The summed E-state index contributed by atoms with van der Waals surface area (Å²) in [6.07, 6.45) is 1.78. The Morgan fingerprint density at radius 3 is 2.48 bits per heavy atom. The van der Waals surface area contributed by atoms with Crippen molar-refractivity contribution in [1.29, 1.82) is 0 Å². The number of fused-ring (bicyclic) bond motifs is 1. The van der Waals surface area contributed by atoms with E-state index in [1.54, 1.807) is 37.3 Å². The van der Waals surface area contributed by atoms with Gasteiger partial charge >= 0.3 is 0 Å². The van der Waals surface area contributed by atoms with E-state index in [9.17, 15) is 17.9 Å². The molecule has 0 aliphatic carbocycles. The van der Waals surface area contributed by atoms with Crippen molar-refractivity contribution in [2.45, 2.75) is 31.7 Å². The topological polar surface area (TPSA) is 101 Å². The van der Waals surface area contributed by atoms with Crippen LogP contribution in [0.15, 0.2) is 47.1 Å². The Morgan fingerprint density at radius 1 is 1.26 bits per heavy atom. The number of halogens is 1. The first-order valence-corrected chi connectivity index (χ1v) is 11.2. The quantitative estimate of drug-likeness (QED) is 0.581. The summed E-state index contributed by atoms with van der Waals surface area (Å²) in [7, 11) is -0.537. The molecule has 0 saturated carbocycles. The van der Waals surface area contributed by atoms with E-state index < -0.39 is 10.0 Å². The van der Waals surface area contributed by atoms with Crippen molar-refractivity contribution >= 4 is 21.1 Å². The molecule has 2 aromatic heterocycles. The molecule has 3 aromatic rings. The molecule has 0 bridgehead atoms. The first-order chi connectivity index (χ1) is 14.6. The molecule has 0 amide bonds. The summed E-state index contributed by atoms with van der Waals surface area (Å²) >= 11 is 0. The minimum Gasteiger partial charge on any atom is -0.493 e. The van der Waals surface area contributed by atoms with Gasteiger partial charge in [-0.3, -0.25) is 0 Å². The number of allylic oxidation sites excluding steroid dienone is 1. The maximum absolute atomic E-state index is 14.3. The van der Waals surface area contributed by atoms with Crippen LogP contribution in [0.4, 0.5) is 4.39 Å². The Morgan fingerprint density at radius 2 is 1.90 bits per heavy atom.